The molecule has 1 heterocycles. The standard InChI is InChI=1S/C15H16Cl3NO3/c16-10-7-11(17)13(12(18)8-10)19-14(20)9-1-3-15(4-2-9)21-5-6-22-15/h7-9H,1-6H2,(H,19,20). The predicted octanol–water partition coefficient (Wildman–Crippen LogP) is 4.52. The molecule has 120 valence electrons. The van der Waals surface area contributed by atoms with Crippen LogP contribution in [0.5, 0.6) is 0 Å². The number of carbonyl (C=O) groups excluding carboxylic acids is 1. The number of ether oxygens (including phenoxy) is 2. The van der Waals surface area contributed by atoms with Crippen molar-refractivity contribution in [3.8, 4) is 0 Å². The van der Waals surface area contributed by atoms with Crippen LogP contribution < -0.4 is 5.32 Å². The van der Waals surface area contributed by atoms with Crippen molar-refractivity contribution in [2.45, 2.75) is 31.5 Å². The van der Waals surface area contributed by atoms with Gasteiger partial charge in [-0.15, -0.1) is 0 Å². The fraction of sp³-hybridized carbons (Fsp3) is 0.533. The van der Waals surface area contributed by atoms with Crippen LogP contribution in [0, 0.1) is 5.92 Å². The van der Waals surface area contributed by atoms with Crippen LogP contribution in [0.15, 0.2) is 12.1 Å². The van der Waals surface area contributed by atoms with Crippen molar-refractivity contribution in [1.82, 2.24) is 0 Å². The molecule has 0 atom stereocenters. The summed E-state index contributed by atoms with van der Waals surface area (Å²) < 4.78 is 11.3. The summed E-state index contributed by atoms with van der Waals surface area (Å²) in [7, 11) is 0. The highest BCUT2D eigenvalue weighted by Gasteiger charge is 2.41. The van der Waals surface area contributed by atoms with Crippen LogP contribution in [-0.4, -0.2) is 24.9 Å². The molecule has 1 saturated heterocycles. The van der Waals surface area contributed by atoms with Crippen LogP contribution in [0.25, 0.3) is 0 Å². The van der Waals surface area contributed by atoms with E-state index in [1.54, 1.807) is 12.1 Å². The van der Waals surface area contributed by atoms with Crippen molar-refractivity contribution in [2.24, 2.45) is 5.92 Å². The van der Waals surface area contributed by atoms with E-state index in [2.05, 4.69) is 5.32 Å². The van der Waals surface area contributed by atoms with Gasteiger partial charge in [-0.05, 0) is 25.0 Å². The van der Waals surface area contributed by atoms with Crippen LogP contribution >= 0.6 is 34.8 Å². The molecule has 1 N–H and O–H groups in total. The number of halogens is 3. The van der Waals surface area contributed by atoms with E-state index in [0.717, 1.165) is 12.8 Å². The van der Waals surface area contributed by atoms with Gasteiger partial charge in [0.05, 0.1) is 28.9 Å². The molecule has 22 heavy (non-hydrogen) atoms. The molecule has 7 heteroatoms. The minimum absolute atomic E-state index is 0.0843. The number of benzene rings is 1. The molecule has 0 aromatic heterocycles. The van der Waals surface area contributed by atoms with Crippen molar-refractivity contribution >= 4 is 46.4 Å². The summed E-state index contributed by atoms with van der Waals surface area (Å²) in [5.41, 5.74) is 0.409. The first-order valence-corrected chi connectivity index (χ1v) is 8.36. The Bertz CT molecular complexity index is 554. The molecule has 4 nitrogen and oxygen atoms in total. The van der Waals surface area contributed by atoms with Gasteiger partial charge in [0.2, 0.25) is 5.91 Å². The lowest BCUT2D eigenvalue weighted by atomic mass is 9.84. The average molecular weight is 365 g/mol. The number of carbonyl (C=O) groups is 1. The second-order valence-electron chi connectivity index (χ2n) is 5.62. The highest BCUT2D eigenvalue weighted by Crippen LogP contribution is 2.39. The van der Waals surface area contributed by atoms with Gasteiger partial charge < -0.3 is 14.8 Å². The van der Waals surface area contributed by atoms with E-state index < -0.39 is 5.79 Å². The summed E-state index contributed by atoms with van der Waals surface area (Å²) in [5.74, 6) is -0.646. The first kappa shape index (κ1) is 16.3. The van der Waals surface area contributed by atoms with Crippen molar-refractivity contribution < 1.29 is 14.3 Å². The van der Waals surface area contributed by atoms with E-state index in [9.17, 15) is 4.79 Å². The molecule has 0 bridgehead atoms. The predicted molar refractivity (Wildman–Crippen MR) is 86.7 cm³/mol. The number of hydrogen-bond donors (Lipinski definition) is 1. The summed E-state index contributed by atoms with van der Waals surface area (Å²) in [6.45, 7) is 1.26. The maximum atomic E-state index is 12.4. The van der Waals surface area contributed by atoms with Crippen LogP contribution in [-0.2, 0) is 14.3 Å². The zero-order chi connectivity index (χ0) is 15.7. The molecule has 1 aromatic carbocycles. The first-order chi connectivity index (χ1) is 10.5. The fourth-order valence-electron chi connectivity index (χ4n) is 2.99. The smallest absolute Gasteiger partial charge is 0.227 e. The lowest BCUT2D eigenvalue weighted by molar-refractivity contribution is -0.182. The molecule has 0 unspecified atom stereocenters. The number of nitrogens with one attached hydrogen (secondary N) is 1. The van der Waals surface area contributed by atoms with Gasteiger partial charge in [0.15, 0.2) is 5.79 Å². The SMILES string of the molecule is O=C(Nc1c(Cl)cc(Cl)cc1Cl)C1CCC2(CC1)OCCO2. The van der Waals surface area contributed by atoms with E-state index >= 15 is 0 Å². The summed E-state index contributed by atoms with van der Waals surface area (Å²) in [6, 6.07) is 3.11. The van der Waals surface area contributed by atoms with Crippen molar-refractivity contribution in [3.05, 3.63) is 27.2 Å². The Morgan fingerprint density at radius 2 is 1.64 bits per heavy atom. The maximum absolute atomic E-state index is 12.4. The minimum atomic E-state index is -0.466. The Labute approximate surface area is 144 Å². The van der Waals surface area contributed by atoms with E-state index in [4.69, 9.17) is 44.3 Å². The lowest BCUT2D eigenvalue weighted by Gasteiger charge is -2.34. The Kier molecular flexibility index (Phi) is 4.86. The van der Waals surface area contributed by atoms with Crippen LogP contribution in [0.4, 0.5) is 5.69 Å². The summed E-state index contributed by atoms with van der Waals surface area (Å²) in [5, 5.41) is 3.91. The molecular weight excluding hydrogens is 349 g/mol. The molecule has 1 saturated carbocycles. The molecule has 0 radical (unpaired) electrons. The van der Waals surface area contributed by atoms with Gasteiger partial charge in [0.25, 0.3) is 0 Å². The number of amides is 1. The van der Waals surface area contributed by atoms with Gasteiger partial charge in [-0.1, -0.05) is 34.8 Å². The van der Waals surface area contributed by atoms with Gasteiger partial charge in [0, 0.05) is 23.8 Å². The normalized spacial score (nSPS) is 21.2. The van der Waals surface area contributed by atoms with E-state index in [0.29, 0.717) is 46.8 Å². The van der Waals surface area contributed by atoms with Gasteiger partial charge in [0.1, 0.15) is 0 Å². The summed E-state index contributed by atoms with van der Waals surface area (Å²) in [6.07, 6.45) is 2.89. The molecule has 1 aromatic rings. The average Bonchev–Trinajstić information content (AvgIpc) is 2.91. The molecule has 2 aliphatic rings. The Morgan fingerprint density at radius 3 is 2.18 bits per heavy atom. The third-order valence-corrected chi connectivity index (χ3v) is 5.00. The third-order valence-electron chi connectivity index (χ3n) is 4.19. The van der Waals surface area contributed by atoms with Crippen molar-refractivity contribution in [2.75, 3.05) is 18.5 Å². The van der Waals surface area contributed by atoms with Gasteiger partial charge in [-0.25, -0.2) is 0 Å². The van der Waals surface area contributed by atoms with E-state index in [1.807, 2.05) is 0 Å². The van der Waals surface area contributed by atoms with E-state index in [-0.39, 0.29) is 11.8 Å². The Morgan fingerprint density at radius 1 is 1.09 bits per heavy atom. The topological polar surface area (TPSA) is 47.6 Å². The first-order valence-electron chi connectivity index (χ1n) is 7.22. The Balaban J connectivity index is 1.64. The molecule has 1 aliphatic carbocycles. The number of hydrogen-bond acceptors (Lipinski definition) is 3. The zero-order valence-electron chi connectivity index (χ0n) is 11.8. The highest BCUT2D eigenvalue weighted by molar-refractivity contribution is 6.42. The fourth-order valence-corrected chi connectivity index (χ4v) is 3.90. The molecule has 1 spiro atoms. The number of rotatable bonds is 2. The zero-order valence-corrected chi connectivity index (χ0v) is 14.1. The van der Waals surface area contributed by atoms with Gasteiger partial charge >= 0.3 is 0 Å². The lowest BCUT2D eigenvalue weighted by Crippen LogP contribution is -2.38. The van der Waals surface area contributed by atoms with Crippen molar-refractivity contribution in [3.63, 3.8) is 0 Å². The van der Waals surface area contributed by atoms with Crippen LogP contribution in [0.3, 0.4) is 0 Å². The molecule has 2 fully saturated rings. The molecule has 1 aliphatic heterocycles. The van der Waals surface area contributed by atoms with Crippen LogP contribution in [0.1, 0.15) is 25.7 Å². The molecule has 1 amide bonds. The largest absolute Gasteiger partial charge is 0.348 e. The second kappa shape index (κ2) is 6.54. The highest BCUT2D eigenvalue weighted by atomic mass is 35.5. The number of anilines is 1. The Hall–Kier alpha value is -0.520. The molecular formula is C15H16Cl3NO3. The van der Waals surface area contributed by atoms with Gasteiger partial charge in [-0.3, -0.25) is 4.79 Å². The quantitative estimate of drug-likeness (QED) is 0.839. The molecule has 3 rings (SSSR count). The van der Waals surface area contributed by atoms with E-state index in [1.165, 1.54) is 0 Å². The van der Waals surface area contributed by atoms with Crippen LogP contribution in [0.2, 0.25) is 15.1 Å². The minimum Gasteiger partial charge on any atom is -0.348 e. The summed E-state index contributed by atoms with van der Waals surface area (Å²) >= 11 is 18.1. The second-order valence-corrected chi connectivity index (χ2v) is 6.87. The monoisotopic (exact) mass is 363 g/mol. The van der Waals surface area contributed by atoms with Gasteiger partial charge in [-0.2, -0.15) is 0 Å². The van der Waals surface area contributed by atoms with Crippen molar-refractivity contribution in [1.29, 1.82) is 0 Å². The maximum Gasteiger partial charge on any atom is 0.227 e. The third kappa shape index (κ3) is 3.36. The summed E-state index contributed by atoms with van der Waals surface area (Å²) in [4.78, 5) is 12.4.